The largest absolute Gasteiger partial charge is 0.315 e. The van der Waals surface area contributed by atoms with Gasteiger partial charge in [-0.25, -0.2) is 0 Å². The third-order valence-electron chi connectivity index (χ3n) is 4.62. The topological polar surface area (TPSA) is 15.3 Å². The zero-order chi connectivity index (χ0) is 14.5. The Hall–Kier alpha value is -0.860. The first-order valence-electron chi connectivity index (χ1n) is 8.13. The lowest BCUT2D eigenvalue weighted by atomic mass is 9.99. The second-order valence-electron chi connectivity index (χ2n) is 6.33. The first kappa shape index (κ1) is 15.5. The van der Waals surface area contributed by atoms with Crippen molar-refractivity contribution >= 4 is 0 Å². The lowest BCUT2D eigenvalue weighted by Crippen LogP contribution is -2.46. The monoisotopic (exact) mass is 274 g/mol. The summed E-state index contributed by atoms with van der Waals surface area (Å²) in [5.41, 5.74) is 5.78. The van der Waals surface area contributed by atoms with E-state index in [-0.39, 0.29) is 0 Å². The first-order valence-corrected chi connectivity index (χ1v) is 8.13. The Labute approximate surface area is 124 Å². The third-order valence-corrected chi connectivity index (χ3v) is 4.62. The molecule has 112 valence electrons. The quantitative estimate of drug-likeness (QED) is 0.883. The molecule has 0 saturated carbocycles. The fourth-order valence-electron chi connectivity index (χ4n) is 3.23. The Bertz CT molecular complexity index is 433. The number of nitrogens with one attached hydrogen (secondary N) is 1. The molecule has 1 fully saturated rings. The van der Waals surface area contributed by atoms with Crippen molar-refractivity contribution < 1.29 is 0 Å². The zero-order valence-corrected chi connectivity index (χ0v) is 13.6. The van der Waals surface area contributed by atoms with E-state index in [0.717, 1.165) is 13.1 Å². The Balaban J connectivity index is 2.12. The Morgan fingerprint density at radius 1 is 1.15 bits per heavy atom. The van der Waals surface area contributed by atoms with Crippen LogP contribution in [0.4, 0.5) is 0 Å². The van der Waals surface area contributed by atoms with E-state index in [0.29, 0.717) is 6.04 Å². The molecule has 2 heteroatoms. The van der Waals surface area contributed by atoms with Crippen LogP contribution in [0, 0.1) is 20.8 Å². The molecule has 1 aliphatic rings. The van der Waals surface area contributed by atoms with Crippen LogP contribution in [0.1, 0.15) is 48.4 Å². The average Bonchev–Trinajstić information content (AvgIpc) is 2.45. The summed E-state index contributed by atoms with van der Waals surface area (Å²) < 4.78 is 0. The highest BCUT2D eigenvalue weighted by Crippen LogP contribution is 2.20. The van der Waals surface area contributed by atoms with Gasteiger partial charge in [-0.15, -0.1) is 0 Å². The van der Waals surface area contributed by atoms with E-state index in [9.17, 15) is 0 Å². The predicted octanol–water partition coefficient (Wildman–Crippen LogP) is 3.58. The molecular weight excluding hydrogens is 244 g/mol. The van der Waals surface area contributed by atoms with Crippen molar-refractivity contribution in [3.8, 4) is 0 Å². The maximum atomic E-state index is 3.55. The van der Waals surface area contributed by atoms with Gasteiger partial charge in [0.05, 0.1) is 0 Å². The minimum atomic E-state index is 0.713. The number of aryl methyl sites for hydroxylation is 3. The predicted molar refractivity (Wildman–Crippen MR) is 87.2 cm³/mol. The van der Waals surface area contributed by atoms with Crippen LogP contribution >= 0.6 is 0 Å². The minimum absolute atomic E-state index is 0.713. The van der Waals surface area contributed by atoms with Gasteiger partial charge in [-0.05, 0) is 75.4 Å². The molecule has 0 aromatic heterocycles. The average molecular weight is 274 g/mol. The van der Waals surface area contributed by atoms with Crippen LogP contribution in [0.5, 0.6) is 0 Å². The summed E-state index contributed by atoms with van der Waals surface area (Å²) in [4.78, 5) is 2.68. The number of hydrogen-bond acceptors (Lipinski definition) is 2. The van der Waals surface area contributed by atoms with Crippen LogP contribution in [-0.4, -0.2) is 30.6 Å². The van der Waals surface area contributed by atoms with E-state index < -0.39 is 0 Å². The van der Waals surface area contributed by atoms with Crippen LogP contribution in [-0.2, 0) is 6.54 Å². The maximum absolute atomic E-state index is 3.55. The van der Waals surface area contributed by atoms with E-state index in [1.54, 1.807) is 0 Å². The molecule has 1 aromatic carbocycles. The van der Waals surface area contributed by atoms with Crippen LogP contribution in [0.15, 0.2) is 12.1 Å². The second kappa shape index (κ2) is 7.24. The van der Waals surface area contributed by atoms with Crippen molar-refractivity contribution in [2.75, 3.05) is 19.6 Å². The standard InChI is InChI=1S/C18H30N2/c1-5-9-20(18-7-6-8-19-12-18)13-17-11-15(3)14(2)10-16(17)4/h10-11,18-19H,5-9,12-13H2,1-4H3. The van der Waals surface area contributed by atoms with E-state index in [1.165, 1.54) is 54.6 Å². The molecule has 1 unspecified atom stereocenters. The smallest absolute Gasteiger partial charge is 0.0239 e. The fourth-order valence-corrected chi connectivity index (χ4v) is 3.23. The highest BCUT2D eigenvalue weighted by Gasteiger charge is 2.20. The van der Waals surface area contributed by atoms with Crippen molar-refractivity contribution in [2.24, 2.45) is 0 Å². The second-order valence-corrected chi connectivity index (χ2v) is 6.33. The number of rotatable bonds is 5. The lowest BCUT2D eigenvalue weighted by Gasteiger charge is -2.35. The molecule has 1 atom stereocenters. The molecule has 0 radical (unpaired) electrons. The summed E-state index contributed by atoms with van der Waals surface area (Å²) in [5.74, 6) is 0. The Morgan fingerprint density at radius 3 is 2.55 bits per heavy atom. The lowest BCUT2D eigenvalue weighted by molar-refractivity contribution is 0.157. The van der Waals surface area contributed by atoms with Gasteiger partial charge in [-0.2, -0.15) is 0 Å². The van der Waals surface area contributed by atoms with Gasteiger partial charge in [0.1, 0.15) is 0 Å². The van der Waals surface area contributed by atoms with Crippen molar-refractivity contribution in [3.05, 3.63) is 34.4 Å². The van der Waals surface area contributed by atoms with Gasteiger partial charge in [0.2, 0.25) is 0 Å². The van der Waals surface area contributed by atoms with Gasteiger partial charge in [0, 0.05) is 19.1 Å². The van der Waals surface area contributed by atoms with Gasteiger partial charge < -0.3 is 5.32 Å². The minimum Gasteiger partial charge on any atom is -0.315 e. The fraction of sp³-hybridized carbons (Fsp3) is 0.667. The van der Waals surface area contributed by atoms with Crippen LogP contribution in [0.3, 0.4) is 0 Å². The molecular formula is C18H30N2. The molecule has 0 spiro atoms. The SMILES string of the molecule is CCCN(Cc1cc(C)c(C)cc1C)C1CCCNC1. The Morgan fingerprint density at radius 2 is 1.90 bits per heavy atom. The maximum Gasteiger partial charge on any atom is 0.0239 e. The summed E-state index contributed by atoms with van der Waals surface area (Å²) in [5, 5.41) is 3.55. The van der Waals surface area contributed by atoms with Crippen LogP contribution < -0.4 is 5.32 Å². The number of hydrogen-bond donors (Lipinski definition) is 1. The molecule has 1 heterocycles. The summed E-state index contributed by atoms with van der Waals surface area (Å²) in [7, 11) is 0. The molecule has 1 aromatic rings. The molecule has 2 nitrogen and oxygen atoms in total. The van der Waals surface area contributed by atoms with Crippen molar-refractivity contribution in [1.29, 1.82) is 0 Å². The molecule has 1 saturated heterocycles. The molecule has 2 rings (SSSR count). The molecule has 0 amide bonds. The summed E-state index contributed by atoms with van der Waals surface area (Å²) in [6.07, 6.45) is 3.90. The molecule has 1 N–H and O–H groups in total. The number of piperidine rings is 1. The highest BCUT2D eigenvalue weighted by molar-refractivity contribution is 5.36. The molecule has 0 aliphatic carbocycles. The van der Waals surface area contributed by atoms with Crippen LogP contribution in [0.2, 0.25) is 0 Å². The van der Waals surface area contributed by atoms with Crippen molar-refractivity contribution in [2.45, 2.75) is 59.5 Å². The Kier molecular flexibility index (Phi) is 5.62. The summed E-state index contributed by atoms with van der Waals surface area (Å²) in [6, 6.07) is 5.45. The van der Waals surface area contributed by atoms with E-state index in [2.05, 4.69) is 50.0 Å². The molecule has 1 aliphatic heterocycles. The van der Waals surface area contributed by atoms with Gasteiger partial charge in [-0.3, -0.25) is 4.90 Å². The van der Waals surface area contributed by atoms with Gasteiger partial charge in [0.25, 0.3) is 0 Å². The molecule has 0 bridgehead atoms. The van der Waals surface area contributed by atoms with Gasteiger partial charge in [-0.1, -0.05) is 19.1 Å². The van der Waals surface area contributed by atoms with E-state index >= 15 is 0 Å². The van der Waals surface area contributed by atoms with Gasteiger partial charge in [0.15, 0.2) is 0 Å². The molecule has 20 heavy (non-hydrogen) atoms. The van der Waals surface area contributed by atoms with Crippen molar-refractivity contribution in [1.82, 2.24) is 10.2 Å². The van der Waals surface area contributed by atoms with Crippen molar-refractivity contribution in [3.63, 3.8) is 0 Å². The third kappa shape index (κ3) is 3.83. The summed E-state index contributed by atoms with van der Waals surface area (Å²) in [6.45, 7) is 13.6. The normalized spacial score (nSPS) is 19.6. The zero-order valence-electron chi connectivity index (χ0n) is 13.6. The number of benzene rings is 1. The first-order chi connectivity index (χ1) is 9.61. The number of nitrogens with zero attached hydrogens (tertiary/aromatic N) is 1. The van der Waals surface area contributed by atoms with E-state index in [1.807, 2.05) is 0 Å². The van der Waals surface area contributed by atoms with Gasteiger partial charge >= 0.3 is 0 Å². The highest BCUT2D eigenvalue weighted by atomic mass is 15.2. The van der Waals surface area contributed by atoms with E-state index in [4.69, 9.17) is 0 Å². The van der Waals surface area contributed by atoms with Crippen LogP contribution in [0.25, 0.3) is 0 Å². The summed E-state index contributed by atoms with van der Waals surface area (Å²) >= 11 is 0.